The summed E-state index contributed by atoms with van der Waals surface area (Å²) < 4.78 is 6.07. The second kappa shape index (κ2) is 7.35. The summed E-state index contributed by atoms with van der Waals surface area (Å²) in [5, 5.41) is 5.96. The molecule has 1 fully saturated rings. The molecule has 2 aliphatic rings. The number of aromatic nitrogens is 1. The maximum atomic E-state index is 13.3. The van der Waals surface area contributed by atoms with Gasteiger partial charge in [-0.3, -0.25) is 14.5 Å². The molecule has 1 spiro atoms. The van der Waals surface area contributed by atoms with Gasteiger partial charge in [0.15, 0.2) is 5.13 Å². The van der Waals surface area contributed by atoms with Crippen molar-refractivity contribution in [2.45, 2.75) is 24.8 Å². The van der Waals surface area contributed by atoms with Crippen molar-refractivity contribution >= 4 is 44.5 Å². The lowest BCUT2D eigenvalue weighted by Crippen LogP contribution is -2.47. The van der Waals surface area contributed by atoms with Crippen molar-refractivity contribution < 1.29 is 19.1 Å². The van der Waals surface area contributed by atoms with E-state index >= 15 is 0 Å². The molecule has 4 amide bonds. The van der Waals surface area contributed by atoms with Crippen molar-refractivity contribution in [3.05, 3.63) is 53.6 Å². The Morgan fingerprint density at radius 3 is 2.97 bits per heavy atom. The van der Waals surface area contributed by atoms with Crippen LogP contribution in [0.4, 0.5) is 9.93 Å². The number of hydrogen-bond acceptors (Lipinski definition) is 6. The number of urea groups is 1. The SMILES string of the molecule is COc1ccc2nc(NC(=O)CN3C(=O)N[C@]4(CCCc5ccccc54)C3=O)sc2c1. The van der Waals surface area contributed by atoms with Gasteiger partial charge in [-0.1, -0.05) is 35.6 Å². The smallest absolute Gasteiger partial charge is 0.325 e. The number of methoxy groups -OCH3 is 1. The molecular formula is C22H20N4O4S. The van der Waals surface area contributed by atoms with Crippen LogP contribution in [0.5, 0.6) is 5.75 Å². The number of thiazole rings is 1. The molecule has 158 valence electrons. The largest absolute Gasteiger partial charge is 0.497 e. The number of benzene rings is 2. The molecular weight excluding hydrogens is 416 g/mol. The summed E-state index contributed by atoms with van der Waals surface area (Å²) in [5.41, 5.74) is 1.52. The minimum Gasteiger partial charge on any atom is -0.497 e. The highest BCUT2D eigenvalue weighted by molar-refractivity contribution is 7.22. The minimum absolute atomic E-state index is 0.367. The molecule has 1 aliphatic carbocycles. The van der Waals surface area contributed by atoms with Crippen LogP contribution >= 0.6 is 11.3 Å². The lowest BCUT2D eigenvalue weighted by Gasteiger charge is -2.33. The number of rotatable bonds is 4. The minimum atomic E-state index is -1.08. The number of nitrogens with one attached hydrogen (secondary N) is 2. The Morgan fingerprint density at radius 2 is 2.13 bits per heavy atom. The predicted octanol–water partition coefficient (Wildman–Crippen LogP) is 3.03. The third kappa shape index (κ3) is 3.21. The van der Waals surface area contributed by atoms with E-state index in [9.17, 15) is 14.4 Å². The molecule has 1 aliphatic heterocycles. The van der Waals surface area contributed by atoms with Crippen molar-refractivity contribution in [3.63, 3.8) is 0 Å². The first-order chi connectivity index (χ1) is 15.0. The predicted molar refractivity (Wildman–Crippen MR) is 116 cm³/mol. The van der Waals surface area contributed by atoms with E-state index in [1.807, 2.05) is 36.4 Å². The maximum absolute atomic E-state index is 13.3. The van der Waals surface area contributed by atoms with Gasteiger partial charge in [-0.2, -0.15) is 0 Å². The number of carbonyl (C=O) groups is 3. The third-order valence-corrected chi connectivity index (χ3v) is 6.73. The molecule has 1 atom stereocenters. The monoisotopic (exact) mass is 436 g/mol. The number of amides is 4. The molecule has 0 bridgehead atoms. The van der Waals surface area contributed by atoms with Crippen molar-refractivity contribution in [2.24, 2.45) is 0 Å². The number of imide groups is 1. The zero-order valence-corrected chi connectivity index (χ0v) is 17.6. The van der Waals surface area contributed by atoms with E-state index in [4.69, 9.17) is 4.74 Å². The van der Waals surface area contributed by atoms with Crippen LogP contribution in [0.25, 0.3) is 10.2 Å². The van der Waals surface area contributed by atoms with Crippen LogP contribution in [-0.2, 0) is 21.5 Å². The summed E-state index contributed by atoms with van der Waals surface area (Å²) in [4.78, 5) is 44.0. The van der Waals surface area contributed by atoms with Crippen molar-refractivity contribution in [3.8, 4) is 5.75 Å². The van der Waals surface area contributed by atoms with Crippen LogP contribution in [0.1, 0.15) is 24.0 Å². The van der Waals surface area contributed by atoms with Crippen LogP contribution in [0.15, 0.2) is 42.5 Å². The first-order valence-corrected chi connectivity index (χ1v) is 10.8. The van der Waals surface area contributed by atoms with E-state index in [0.29, 0.717) is 17.3 Å². The standard InChI is InChI=1S/C22H20N4O4S/c1-30-14-8-9-16-17(11-14)31-20(23-16)24-18(27)12-26-19(28)22(25-21(26)29)10-4-6-13-5-2-3-7-15(13)22/h2-3,5,7-9,11H,4,6,10,12H2,1H3,(H,25,29)(H,23,24,27)/t22-/m0/s1. The first kappa shape index (κ1) is 19.5. The summed E-state index contributed by atoms with van der Waals surface area (Å²) in [6, 6.07) is 12.5. The number of hydrogen-bond donors (Lipinski definition) is 2. The molecule has 31 heavy (non-hydrogen) atoms. The summed E-state index contributed by atoms with van der Waals surface area (Å²) in [6.45, 7) is -0.367. The summed E-state index contributed by atoms with van der Waals surface area (Å²) in [5.74, 6) is -0.157. The van der Waals surface area contributed by atoms with Crippen LogP contribution in [-0.4, -0.2) is 41.4 Å². The van der Waals surface area contributed by atoms with Crippen LogP contribution in [0, 0.1) is 0 Å². The fourth-order valence-electron chi connectivity index (χ4n) is 4.34. The lowest BCUT2D eigenvalue weighted by atomic mass is 9.76. The van der Waals surface area contributed by atoms with E-state index < -0.39 is 17.5 Å². The van der Waals surface area contributed by atoms with Crippen molar-refractivity contribution in [1.82, 2.24) is 15.2 Å². The molecule has 2 aromatic carbocycles. The highest BCUT2D eigenvalue weighted by Gasteiger charge is 2.54. The second-order valence-electron chi connectivity index (χ2n) is 7.64. The quantitative estimate of drug-likeness (QED) is 0.613. The van der Waals surface area contributed by atoms with E-state index in [-0.39, 0.29) is 12.5 Å². The second-order valence-corrected chi connectivity index (χ2v) is 8.67. The molecule has 0 saturated carbocycles. The van der Waals surface area contributed by atoms with E-state index in [2.05, 4.69) is 15.6 Å². The average molecular weight is 436 g/mol. The van der Waals surface area contributed by atoms with Gasteiger partial charge in [0.05, 0.1) is 17.3 Å². The number of carbonyl (C=O) groups excluding carboxylic acids is 3. The van der Waals surface area contributed by atoms with Gasteiger partial charge >= 0.3 is 6.03 Å². The normalized spacial score (nSPS) is 20.1. The van der Waals surface area contributed by atoms with Gasteiger partial charge in [-0.25, -0.2) is 9.78 Å². The van der Waals surface area contributed by atoms with Gasteiger partial charge in [-0.05, 0) is 48.6 Å². The molecule has 0 unspecified atom stereocenters. The molecule has 9 heteroatoms. The fraction of sp³-hybridized carbons (Fsp3) is 0.273. The molecule has 1 aromatic heterocycles. The summed E-state index contributed by atoms with van der Waals surface area (Å²) in [6.07, 6.45) is 2.18. The van der Waals surface area contributed by atoms with Crippen molar-refractivity contribution in [2.75, 3.05) is 19.0 Å². The topological polar surface area (TPSA) is 101 Å². The molecule has 3 aromatic rings. The van der Waals surface area contributed by atoms with E-state index in [1.54, 1.807) is 13.2 Å². The number of ether oxygens (including phenoxy) is 1. The lowest BCUT2D eigenvalue weighted by molar-refractivity contribution is -0.134. The molecule has 0 radical (unpaired) electrons. The molecule has 2 N–H and O–H groups in total. The Labute approximate surface area is 182 Å². The van der Waals surface area contributed by atoms with Gasteiger partial charge in [0.25, 0.3) is 5.91 Å². The Hall–Kier alpha value is -3.46. The Kier molecular flexibility index (Phi) is 4.62. The van der Waals surface area contributed by atoms with Crippen LogP contribution in [0.3, 0.4) is 0 Å². The average Bonchev–Trinajstić information content (AvgIpc) is 3.27. The molecule has 5 rings (SSSR count). The molecule has 1 saturated heterocycles. The van der Waals surface area contributed by atoms with Gasteiger partial charge in [-0.15, -0.1) is 0 Å². The van der Waals surface area contributed by atoms with Crippen molar-refractivity contribution in [1.29, 1.82) is 0 Å². The highest BCUT2D eigenvalue weighted by atomic mass is 32.1. The van der Waals surface area contributed by atoms with Gasteiger partial charge < -0.3 is 15.4 Å². The Bertz CT molecular complexity index is 1220. The van der Waals surface area contributed by atoms with Gasteiger partial charge in [0.2, 0.25) is 5.91 Å². The number of anilines is 1. The Balaban J connectivity index is 1.34. The number of aryl methyl sites for hydroxylation is 1. The van der Waals surface area contributed by atoms with E-state index in [0.717, 1.165) is 39.1 Å². The maximum Gasteiger partial charge on any atom is 0.325 e. The summed E-state index contributed by atoms with van der Waals surface area (Å²) in [7, 11) is 1.58. The summed E-state index contributed by atoms with van der Waals surface area (Å²) >= 11 is 1.30. The number of fused-ring (bicyclic) bond motifs is 3. The van der Waals surface area contributed by atoms with Crippen LogP contribution < -0.4 is 15.4 Å². The highest BCUT2D eigenvalue weighted by Crippen LogP contribution is 2.39. The zero-order chi connectivity index (χ0) is 21.6. The Morgan fingerprint density at radius 1 is 1.29 bits per heavy atom. The fourth-order valence-corrected chi connectivity index (χ4v) is 5.25. The van der Waals surface area contributed by atoms with Gasteiger partial charge in [0.1, 0.15) is 17.8 Å². The van der Waals surface area contributed by atoms with Gasteiger partial charge in [0, 0.05) is 0 Å². The first-order valence-electron chi connectivity index (χ1n) is 9.97. The van der Waals surface area contributed by atoms with Crippen LogP contribution in [0.2, 0.25) is 0 Å². The molecule has 8 nitrogen and oxygen atoms in total. The zero-order valence-electron chi connectivity index (χ0n) is 16.8. The third-order valence-electron chi connectivity index (χ3n) is 5.79. The molecule has 2 heterocycles. The number of nitrogens with zero attached hydrogens (tertiary/aromatic N) is 2. The van der Waals surface area contributed by atoms with E-state index in [1.165, 1.54) is 11.3 Å².